The molecule has 1 aromatic heterocycles. The summed E-state index contributed by atoms with van der Waals surface area (Å²) in [5.74, 6) is 2.69. The Hall–Kier alpha value is -3.17. The van der Waals surface area contributed by atoms with Gasteiger partial charge in [-0.25, -0.2) is 13.4 Å². The Balaban J connectivity index is 1.20. The summed E-state index contributed by atoms with van der Waals surface area (Å²) in [6.45, 7) is 6.98. The van der Waals surface area contributed by atoms with Crippen molar-refractivity contribution in [2.45, 2.75) is 45.6 Å². The summed E-state index contributed by atoms with van der Waals surface area (Å²) in [6.07, 6.45) is 4.53. The van der Waals surface area contributed by atoms with E-state index < -0.39 is 9.84 Å². The highest BCUT2D eigenvalue weighted by Gasteiger charge is 2.27. The predicted octanol–water partition coefficient (Wildman–Crippen LogP) is 4.13. The van der Waals surface area contributed by atoms with E-state index in [1.807, 2.05) is 24.3 Å². The Kier molecular flexibility index (Phi) is 8.67. The van der Waals surface area contributed by atoms with E-state index in [0.717, 1.165) is 93.2 Å². The highest BCUT2D eigenvalue weighted by atomic mass is 32.2. The van der Waals surface area contributed by atoms with Crippen molar-refractivity contribution in [3.05, 3.63) is 65.2 Å². The van der Waals surface area contributed by atoms with Crippen molar-refractivity contribution < 1.29 is 13.2 Å². The number of hydrogen-bond acceptors (Lipinski definition) is 8. The van der Waals surface area contributed by atoms with Crippen LogP contribution in [0.1, 0.15) is 42.9 Å². The molecule has 1 saturated heterocycles. The number of fused-ring (bicyclic) bond motifs is 3. The molecule has 208 valence electrons. The number of aromatic nitrogens is 2. The van der Waals surface area contributed by atoms with Gasteiger partial charge in [-0.1, -0.05) is 43.7 Å². The third-order valence-electron chi connectivity index (χ3n) is 7.77. The third kappa shape index (κ3) is 6.89. The minimum Gasteiger partial charge on any atom is -0.489 e. The van der Waals surface area contributed by atoms with Crippen LogP contribution in [-0.4, -0.2) is 67.5 Å². The van der Waals surface area contributed by atoms with Gasteiger partial charge in [0.1, 0.15) is 28.0 Å². The molecule has 39 heavy (non-hydrogen) atoms. The van der Waals surface area contributed by atoms with Gasteiger partial charge in [-0.3, -0.25) is 4.90 Å². The summed E-state index contributed by atoms with van der Waals surface area (Å²) in [7, 11) is -2.86. The third-order valence-corrected chi connectivity index (χ3v) is 9.56. The van der Waals surface area contributed by atoms with E-state index in [1.54, 1.807) is 6.92 Å². The van der Waals surface area contributed by atoms with Gasteiger partial charge in [-0.05, 0) is 61.6 Å². The van der Waals surface area contributed by atoms with Crippen LogP contribution in [-0.2, 0) is 29.3 Å². The van der Waals surface area contributed by atoms with Crippen molar-refractivity contribution in [2.24, 2.45) is 0 Å². The first-order chi connectivity index (χ1) is 18.9. The summed E-state index contributed by atoms with van der Waals surface area (Å²) in [5, 5.41) is 0. The number of sulfone groups is 1. The molecule has 0 amide bonds. The fourth-order valence-corrected chi connectivity index (χ4v) is 6.40. The highest BCUT2D eigenvalue weighted by molar-refractivity contribution is 7.91. The second-order valence-electron chi connectivity index (χ2n) is 10.5. The van der Waals surface area contributed by atoms with Gasteiger partial charge in [0.25, 0.3) is 0 Å². The van der Waals surface area contributed by atoms with Gasteiger partial charge in [0.05, 0.1) is 11.4 Å². The van der Waals surface area contributed by atoms with E-state index in [4.69, 9.17) is 15.5 Å². The Morgan fingerprint density at radius 3 is 2.51 bits per heavy atom. The molecule has 2 heterocycles. The maximum Gasteiger partial charge on any atom is 0.222 e. The summed E-state index contributed by atoms with van der Waals surface area (Å²) >= 11 is 0. The molecule has 1 fully saturated rings. The van der Waals surface area contributed by atoms with E-state index in [2.05, 4.69) is 39.0 Å². The zero-order chi connectivity index (χ0) is 27.2. The van der Waals surface area contributed by atoms with Gasteiger partial charge in [0.15, 0.2) is 0 Å². The van der Waals surface area contributed by atoms with Crippen molar-refractivity contribution in [3.63, 3.8) is 0 Å². The lowest BCUT2D eigenvalue weighted by Gasteiger charge is -2.37. The van der Waals surface area contributed by atoms with Crippen LogP contribution < -0.4 is 15.4 Å². The van der Waals surface area contributed by atoms with Gasteiger partial charge in [-0.15, -0.1) is 0 Å². The van der Waals surface area contributed by atoms with Crippen LogP contribution in [0.5, 0.6) is 5.75 Å². The van der Waals surface area contributed by atoms with Gasteiger partial charge in [0.2, 0.25) is 5.95 Å². The standard InChI is InChI=1S/C30H39N5O3S/c1-2-39(36,37)20-8-4-7-15-34-16-18-35(19-17-34)29-27-13-11-24-21-25(38-22-23-9-5-3-6-10-23)12-14-26(24)28(27)32-30(31)33-29/h3,5-6,9-10,12,14,21H,2,4,7-8,11,13,15-20,22H2,1H3,(H2,31,32,33). The number of nitrogens with zero attached hydrogens (tertiary/aromatic N) is 4. The molecule has 0 saturated carbocycles. The van der Waals surface area contributed by atoms with Crippen LogP contribution in [0.4, 0.5) is 11.8 Å². The van der Waals surface area contributed by atoms with E-state index in [9.17, 15) is 8.42 Å². The summed E-state index contributed by atoms with van der Waals surface area (Å²) in [6, 6.07) is 16.5. The van der Waals surface area contributed by atoms with Gasteiger partial charge in [0, 0.05) is 43.1 Å². The molecule has 9 heteroatoms. The van der Waals surface area contributed by atoms with E-state index in [1.165, 1.54) is 11.1 Å². The fraction of sp³-hybridized carbons (Fsp3) is 0.467. The molecule has 0 spiro atoms. The molecule has 2 aliphatic rings. The number of piperazine rings is 1. The second kappa shape index (κ2) is 12.3. The van der Waals surface area contributed by atoms with E-state index in [-0.39, 0.29) is 5.75 Å². The van der Waals surface area contributed by atoms with Crippen LogP contribution in [0.15, 0.2) is 48.5 Å². The van der Waals surface area contributed by atoms with Crippen molar-refractivity contribution >= 4 is 21.6 Å². The lowest BCUT2D eigenvalue weighted by atomic mass is 9.88. The first-order valence-corrected chi connectivity index (χ1v) is 15.9. The smallest absolute Gasteiger partial charge is 0.222 e. The Bertz CT molecular complexity index is 1370. The molecular weight excluding hydrogens is 510 g/mol. The van der Waals surface area contributed by atoms with Gasteiger partial charge < -0.3 is 15.4 Å². The average Bonchev–Trinajstić information content (AvgIpc) is 2.96. The first kappa shape index (κ1) is 27.4. The normalized spacial score (nSPS) is 15.6. The second-order valence-corrected chi connectivity index (χ2v) is 12.9. The number of nitrogen functional groups attached to an aromatic ring is 1. The molecule has 8 nitrogen and oxygen atoms in total. The number of hydrogen-bond donors (Lipinski definition) is 1. The quantitative estimate of drug-likeness (QED) is 0.356. The first-order valence-electron chi connectivity index (χ1n) is 14.1. The molecule has 5 rings (SSSR count). The van der Waals surface area contributed by atoms with Crippen LogP contribution >= 0.6 is 0 Å². The molecule has 3 aromatic rings. The van der Waals surface area contributed by atoms with Crippen LogP contribution in [0.2, 0.25) is 0 Å². The minimum absolute atomic E-state index is 0.238. The van der Waals surface area contributed by atoms with Crippen molar-refractivity contribution in [2.75, 3.05) is 54.9 Å². The zero-order valence-corrected chi connectivity index (χ0v) is 23.6. The van der Waals surface area contributed by atoms with Crippen molar-refractivity contribution in [1.29, 1.82) is 0 Å². The Labute approximate surface area is 232 Å². The maximum atomic E-state index is 11.7. The van der Waals surface area contributed by atoms with Gasteiger partial charge >= 0.3 is 0 Å². The predicted molar refractivity (Wildman–Crippen MR) is 157 cm³/mol. The number of nitrogens with two attached hydrogens (primary N) is 1. The molecule has 1 aliphatic carbocycles. The van der Waals surface area contributed by atoms with Crippen molar-refractivity contribution in [1.82, 2.24) is 14.9 Å². The lowest BCUT2D eigenvalue weighted by molar-refractivity contribution is 0.252. The molecule has 0 bridgehead atoms. The summed E-state index contributed by atoms with van der Waals surface area (Å²) < 4.78 is 29.4. The van der Waals surface area contributed by atoms with Gasteiger partial charge in [-0.2, -0.15) is 4.98 Å². The topological polar surface area (TPSA) is 102 Å². The number of aryl methyl sites for hydroxylation is 1. The molecule has 2 aromatic carbocycles. The number of benzene rings is 2. The molecule has 0 radical (unpaired) electrons. The van der Waals surface area contributed by atoms with Crippen molar-refractivity contribution in [3.8, 4) is 17.0 Å². The van der Waals surface area contributed by atoms with Crippen LogP contribution in [0, 0.1) is 0 Å². The SMILES string of the molecule is CCS(=O)(=O)CCCCCN1CCN(c2nc(N)nc3c2CCc2cc(OCc4ccccc4)ccc2-3)CC1. The molecule has 0 atom stereocenters. The maximum absolute atomic E-state index is 11.7. The zero-order valence-electron chi connectivity index (χ0n) is 22.8. The monoisotopic (exact) mass is 549 g/mol. The van der Waals surface area contributed by atoms with Crippen LogP contribution in [0.25, 0.3) is 11.3 Å². The molecule has 1 aliphatic heterocycles. The van der Waals surface area contributed by atoms with Crippen LogP contribution in [0.3, 0.4) is 0 Å². The number of ether oxygens (including phenoxy) is 1. The summed E-state index contributed by atoms with van der Waals surface area (Å²) in [5.41, 5.74) is 11.8. The number of unbranched alkanes of at least 4 members (excludes halogenated alkanes) is 2. The molecular formula is C30H39N5O3S. The number of rotatable bonds is 11. The van der Waals surface area contributed by atoms with E-state index in [0.29, 0.717) is 18.3 Å². The fourth-order valence-electron chi connectivity index (χ4n) is 5.46. The van der Waals surface area contributed by atoms with E-state index >= 15 is 0 Å². The Morgan fingerprint density at radius 2 is 1.74 bits per heavy atom. The largest absolute Gasteiger partial charge is 0.489 e. The number of anilines is 2. The average molecular weight is 550 g/mol. The lowest BCUT2D eigenvalue weighted by Crippen LogP contribution is -2.47. The minimum atomic E-state index is -2.86. The Morgan fingerprint density at radius 1 is 0.949 bits per heavy atom. The molecule has 2 N–H and O–H groups in total. The summed E-state index contributed by atoms with van der Waals surface area (Å²) in [4.78, 5) is 14.2. The molecule has 0 unspecified atom stereocenters. The highest BCUT2D eigenvalue weighted by Crippen LogP contribution is 2.38.